The van der Waals surface area contributed by atoms with E-state index in [9.17, 15) is 19.7 Å². The molecule has 9 heteroatoms. The molecule has 1 heterocycles. The molecule has 0 aliphatic rings. The standard InChI is InChI=1S/C16H14N2O7/c1-23-12-4-2-11(3-5-12)17-14(19)10-24-16(20)9-7-13-6-8-15(25-13)18(21)22/h2-9H,10H2,1H3,(H,17,19)/b9-7+. The Morgan fingerprint density at radius 3 is 2.56 bits per heavy atom. The van der Waals surface area contributed by atoms with Gasteiger partial charge in [-0.3, -0.25) is 14.9 Å². The lowest BCUT2D eigenvalue weighted by Crippen LogP contribution is -2.20. The number of ether oxygens (including phenoxy) is 2. The van der Waals surface area contributed by atoms with Crippen LogP contribution in [0.5, 0.6) is 5.75 Å². The molecule has 0 aliphatic heterocycles. The van der Waals surface area contributed by atoms with Crippen LogP contribution >= 0.6 is 0 Å². The molecule has 25 heavy (non-hydrogen) atoms. The van der Waals surface area contributed by atoms with Crippen molar-refractivity contribution in [2.75, 3.05) is 19.0 Å². The minimum atomic E-state index is -0.788. The molecule has 9 nitrogen and oxygen atoms in total. The van der Waals surface area contributed by atoms with Crippen molar-refractivity contribution < 1.29 is 28.4 Å². The van der Waals surface area contributed by atoms with Gasteiger partial charge in [0.2, 0.25) is 0 Å². The lowest BCUT2D eigenvalue weighted by molar-refractivity contribution is -0.402. The predicted octanol–water partition coefficient (Wildman–Crippen LogP) is 2.39. The van der Waals surface area contributed by atoms with Crippen molar-refractivity contribution in [1.29, 1.82) is 0 Å². The number of amides is 1. The number of benzene rings is 1. The first-order valence-electron chi connectivity index (χ1n) is 7.01. The maximum atomic E-state index is 11.7. The van der Waals surface area contributed by atoms with E-state index in [-0.39, 0.29) is 5.76 Å². The number of hydrogen-bond acceptors (Lipinski definition) is 7. The third-order valence-corrected chi connectivity index (χ3v) is 2.90. The maximum absolute atomic E-state index is 11.7. The fourth-order valence-corrected chi connectivity index (χ4v) is 1.74. The summed E-state index contributed by atoms with van der Waals surface area (Å²) >= 11 is 0. The topological polar surface area (TPSA) is 121 Å². The first-order valence-corrected chi connectivity index (χ1v) is 7.01. The van der Waals surface area contributed by atoms with E-state index in [2.05, 4.69) is 5.32 Å². The van der Waals surface area contributed by atoms with E-state index in [1.54, 1.807) is 24.3 Å². The molecule has 2 aromatic rings. The molecule has 0 saturated carbocycles. The zero-order chi connectivity index (χ0) is 18.2. The lowest BCUT2D eigenvalue weighted by atomic mass is 10.3. The predicted molar refractivity (Wildman–Crippen MR) is 87.0 cm³/mol. The number of nitrogens with one attached hydrogen (secondary N) is 1. The highest BCUT2D eigenvalue weighted by Gasteiger charge is 2.10. The Hall–Kier alpha value is -3.62. The van der Waals surface area contributed by atoms with Gasteiger partial charge in [-0.1, -0.05) is 0 Å². The number of anilines is 1. The van der Waals surface area contributed by atoms with Crippen LogP contribution < -0.4 is 10.1 Å². The van der Waals surface area contributed by atoms with Crippen molar-refractivity contribution in [2.45, 2.75) is 0 Å². The SMILES string of the molecule is COc1ccc(NC(=O)COC(=O)/C=C/c2ccc([N+](=O)[O-])o2)cc1. The molecular formula is C16H14N2O7. The highest BCUT2D eigenvalue weighted by atomic mass is 16.6. The fourth-order valence-electron chi connectivity index (χ4n) is 1.74. The molecule has 0 spiro atoms. The van der Waals surface area contributed by atoms with E-state index in [1.807, 2.05) is 0 Å². The molecule has 0 unspecified atom stereocenters. The summed E-state index contributed by atoms with van der Waals surface area (Å²) in [5.74, 6) is -0.976. The molecule has 1 aromatic heterocycles. The second kappa shape index (κ2) is 8.29. The van der Waals surface area contributed by atoms with E-state index in [0.717, 1.165) is 12.1 Å². The molecule has 0 aliphatic carbocycles. The maximum Gasteiger partial charge on any atom is 0.433 e. The van der Waals surface area contributed by atoms with E-state index in [4.69, 9.17) is 13.9 Å². The number of rotatable bonds is 7. The van der Waals surface area contributed by atoms with Gasteiger partial charge < -0.3 is 19.2 Å². The highest BCUT2D eigenvalue weighted by molar-refractivity contribution is 5.94. The number of nitro groups is 1. The lowest BCUT2D eigenvalue weighted by Gasteiger charge is -2.06. The summed E-state index contributed by atoms with van der Waals surface area (Å²) < 4.78 is 14.6. The van der Waals surface area contributed by atoms with Gasteiger partial charge in [0.05, 0.1) is 13.2 Å². The largest absolute Gasteiger partial charge is 0.497 e. The molecule has 0 bridgehead atoms. The quantitative estimate of drug-likeness (QED) is 0.353. The van der Waals surface area contributed by atoms with Crippen molar-refractivity contribution in [3.63, 3.8) is 0 Å². The number of carbonyl (C=O) groups excluding carboxylic acids is 2. The van der Waals surface area contributed by atoms with Crippen LogP contribution in [0.3, 0.4) is 0 Å². The van der Waals surface area contributed by atoms with E-state index in [0.29, 0.717) is 11.4 Å². The third kappa shape index (κ3) is 5.50. The Labute approximate surface area is 142 Å². The van der Waals surface area contributed by atoms with Crippen molar-refractivity contribution in [2.24, 2.45) is 0 Å². The van der Waals surface area contributed by atoms with Crippen LogP contribution in [0.15, 0.2) is 46.9 Å². The molecule has 130 valence electrons. The van der Waals surface area contributed by atoms with Gasteiger partial charge in [0.25, 0.3) is 5.91 Å². The summed E-state index contributed by atoms with van der Waals surface area (Å²) in [7, 11) is 1.53. The van der Waals surface area contributed by atoms with Crippen molar-refractivity contribution in [3.05, 3.63) is 58.3 Å². The van der Waals surface area contributed by atoms with Gasteiger partial charge in [-0.15, -0.1) is 0 Å². The minimum absolute atomic E-state index is 0.117. The summed E-state index contributed by atoms with van der Waals surface area (Å²) in [6, 6.07) is 9.12. The van der Waals surface area contributed by atoms with Crippen molar-refractivity contribution in [1.82, 2.24) is 0 Å². The summed E-state index contributed by atoms with van der Waals surface area (Å²) in [4.78, 5) is 33.0. The smallest absolute Gasteiger partial charge is 0.433 e. The highest BCUT2D eigenvalue weighted by Crippen LogP contribution is 2.17. The van der Waals surface area contributed by atoms with Gasteiger partial charge >= 0.3 is 11.9 Å². The molecule has 1 amide bonds. The van der Waals surface area contributed by atoms with Gasteiger partial charge in [-0.25, -0.2) is 4.79 Å². The van der Waals surface area contributed by atoms with Crippen molar-refractivity contribution in [3.8, 4) is 5.75 Å². The number of esters is 1. The average molecular weight is 346 g/mol. The monoisotopic (exact) mass is 346 g/mol. The second-order valence-corrected chi connectivity index (χ2v) is 4.65. The van der Waals surface area contributed by atoms with Crippen LogP contribution in [0.2, 0.25) is 0 Å². The third-order valence-electron chi connectivity index (χ3n) is 2.90. The number of methoxy groups -OCH3 is 1. The van der Waals surface area contributed by atoms with Gasteiger partial charge in [0.15, 0.2) is 6.61 Å². The molecule has 0 radical (unpaired) electrons. The van der Waals surface area contributed by atoms with Gasteiger partial charge in [0.1, 0.15) is 16.4 Å². The summed E-state index contributed by atoms with van der Waals surface area (Å²) in [6.45, 7) is -0.479. The normalized spacial score (nSPS) is 10.4. The van der Waals surface area contributed by atoms with Crippen LogP contribution in [0, 0.1) is 10.1 Å². The second-order valence-electron chi connectivity index (χ2n) is 4.65. The van der Waals surface area contributed by atoms with E-state index < -0.39 is 29.3 Å². The van der Waals surface area contributed by atoms with Gasteiger partial charge in [-0.05, 0) is 36.4 Å². The Morgan fingerprint density at radius 2 is 1.96 bits per heavy atom. The fraction of sp³-hybridized carbons (Fsp3) is 0.125. The average Bonchev–Trinajstić information content (AvgIpc) is 3.08. The van der Waals surface area contributed by atoms with E-state index in [1.165, 1.54) is 19.3 Å². The summed E-state index contributed by atoms with van der Waals surface area (Å²) in [5.41, 5.74) is 0.528. The van der Waals surface area contributed by atoms with Gasteiger partial charge in [0, 0.05) is 11.8 Å². The number of hydrogen-bond donors (Lipinski definition) is 1. The Morgan fingerprint density at radius 1 is 1.24 bits per heavy atom. The van der Waals surface area contributed by atoms with Crippen molar-refractivity contribution >= 4 is 29.5 Å². The molecule has 0 fully saturated rings. The van der Waals surface area contributed by atoms with E-state index >= 15 is 0 Å². The zero-order valence-corrected chi connectivity index (χ0v) is 13.1. The van der Waals surface area contributed by atoms with Crippen LogP contribution in [0.4, 0.5) is 11.6 Å². The van der Waals surface area contributed by atoms with Crippen LogP contribution in [-0.2, 0) is 14.3 Å². The van der Waals surface area contributed by atoms with Crippen LogP contribution in [-0.4, -0.2) is 30.5 Å². The molecule has 0 atom stereocenters. The molecule has 1 N–H and O–H groups in total. The van der Waals surface area contributed by atoms with Crippen LogP contribution in [0.25, 0.3) is 6.08 Å². The molecular weight excluding hydrogens is 332 g/mol. The number of furan rings is 1. The zero-order valence-electron chi connectivity index (χ0n) is 13.1. The summed E-state index contributed by atoms with van der Waals surface area (Å²) in [5, 5.41) is 13.0. The van der Waals surface area contributed by atoms with Crippen LogP contribution in [0.1, 0.15) is 5.76 Å². The molecule has 2 rings (SSSR count). The number of carbonyl (C=O) groups is 2. The van der Waals surface area contributed by atoms with Gasteiger partial charge in [-0.2, -0.15) is 0 Å². The molecule has 1 aromatic carbocycles. The number of nitrogens with zero attached hydrogens (tertiary/aromatic N) is 1. The molecule has 0 saturated heterocycles. The first-order chi connectivity index (χ1) is 12.0. The Balaban J connectivity index is 1.78. The summed E-state index contributed by atoms with van der Waals surface area (Å²) in [6.07, 6.45) is 2.21. The Kier molecular flexibility index (Phi) is 5.88. The Bertz CT molecular complexity index is 793. The minimum Gasteiger partial charge on any atom is -0.497 e. The first kappa shape index (κ1) is 17.7.